The van der Waals surface area contributed by atoms with Crippen LogP contribution in [0, 0.1) is 6.92 Å². The maximum Gasteiger partial charge on any atom is 0.185 e. The van der Waals surface area contributed by atoms with Crippen LogP contribution in [0.25, 0.3) is 10.8 Å². The molecule has 6 heteroatoms. The number of benzene rings is 2. The van der Waals surface area contributed by atoms with Gasteiger partial charge in [-0.1, -0.05) is 65.6 Å². The van der Waals surface area contributed by atoms with Gasteiger partial charge < -0.3 is 4.90 Å². The van der Waals surface area contributed by atoms with Crippen LogP contribution in [0.5, 0.6) is 0 Å². The van der Waals surface area contributed by atoms with Crippen molar-refractivity contribution < 1.29 is 4.79 Å². The van der Waals surface area contributed by atoms with E-state index in [-0.39, 0.29) is 5.78 Å². The minimum atomic E-state index is 0.0397. The number of rotatable bonds is 6. The predicted octanol–water partition coefficient (Wildman–Crippen LogP) is 6.95. The second-order valence-corrected chi connectivity index (χ2v) is 11.0. The molecule has 0 saturated carbocycles. The lowest BCUT2D eigenvalue weighted by molar-refractivity contribution is 0.104. The fraction of sp³-hybridized carbons (Fsp3) is 0.296. The molecule has 0 spiro atoms. The van der Waals surface area contributed by atoms with E-state index in [1.54, 1.807) is 29.2 Å². The van der Waals surface area contributed by atoms with E-state index in [4.69, 9.17) is 0 Å². The van der Waals surface area contributed by atoms with Crippen molar-refractivity contribution in [1.29, 1.82) is 0 Å². The Hall–Kier alpha value is -2.70. The van der Waals surface area contributed by atoms with Crippen LogP contribution in [0.4, 0.5) is 0 Å². The third kappa shape index (κ3) is 5.28. The average Bonchev–Trinajstić information content (AvgIpc) is 3.43. The number of fused-ring (bicyclic) bond motifs is 1. The number of carbonyl (C=O) groups is 1. The third-order valence-electron chi connectivity index (χ3n) is 6.14. The van der Waals surface area contributed by atoms with Crippen LogP contribution in [0.1, 0.15) is 47.5 Å². The van der Waals surface area contributed by atoms with Crippen LogP contribution < -0.4 is 0 Å². The largest absolute Gasteiger partial charge is 0.377 e. The van der Waals surface area contributed by atoms with E-state index in [1.165, 1.54) is 35.3 Å². The summed E-state index contributed by atoms with van der Waals surface area (Å²) < 4.78 is 0.959. The van der Waals surface area contributed by atoms with Gasteiger partial charge in [0.2, 0.25) is 0 Å². The Kier molecular flexibility index (Phi) is 6.74. The molecule has 5 rings (SSSR count). The zero-order chi connectivity index (χ0) is 22.6. The molecule has 0 N–H and O–H groups in total. The summed E-state index contributed by atoms with van der Waals surface area (Å²) >= 11 is 3.32. The topological polar surface area (TPSA) is 46.1 Å². The monoisotopic (exact) mass is 473 g/mol. The Morgan fingerprint density at radius 2 is 1.85 bits per heavy atom. The number of aryl methyl sites for hydroxylation is 1. The summed E-state index contributed by atoms with van der Waals surface area (Å²) in [5, 5.41) is 11.7. The molecule has 1 saturated heterocycles. The predicted molar refractivity (Wildman–Crippen MR) is 138 cm³/mol. The number of likely N-dealkylation sites (tertiary alicyclic amines) is 1. The van der Waals surface area contributed by atoms with Crippen molar-refractivity contribution >= 4 is 39.7 Å². The minimum Gasteiger partial charge on any atom is -0.377 e. The van der Waals surface area contributed by atoms with E-state index in [9.17, 15) is 4.79 Å². The van der Waals surface area contributed by atoms with Crippen molar-refractivity contribution in [2.45, 2.75) is 43.4 Å². The minimum absolute atomic E-state index is 0.0397. The molecule has 0 radical (unpaired) electrons. The highest BCUT2D eigenvalue weighted by Gasteiger charge is 2.22. The van der Waals surface area contributed by atoms with Crippen LogP contribution >= 0.6 is 23.1 Å². The van der Waals surface area contributed by atoms with Gasteiger partial charge in [-0.15, -0.1) is 10.2 Å². The molecular weight excluding hydrogens is 446 g/mol. The van der Waals surface area contributed by atoms with Crippen molar-refractivity contribution in [2.24, 2.45) is 0 Å². The van der Waals surface area contributed by atoms with Crippen LogP contribution in [0.3, 0.4) is 0 Å². The first-order chi connectivity index (χ1) is 16.2. The molecule has 2 aliphatic rings. The van der Waals surface area contributed by atoms with Gasteiger partial charge in [-0.05, 0) is 73.1 Å². The van der Waals surface area contributed by atoms with Crippen LogP contribution in [-0.4, -0.2) is 34.0 Å². The molecule has 0 amide bonds. The molecule has 1 fully saturated rings. The van der Waals surface area contributed by atoms with Gasteiger partial charge in [-0.2, -0.15) is 0 Å². The van der Waals surface area contributed by atoms with E-state index in [1.807, 2.05) is 49.4 Å². The summed E-state index contributed by atoms with van der Waals surface area (Å²) in [5.74, 6) is 0.0397. The zero-order valence-corrected chi connectivity index (χ0v) is 20.4. The zero-order valence-electron chi connectivity index (χ0n) is 18.8. The first kappa shape index (κ1) is 22.1. The highest BCUT2D eigenvalue weighted by Crippen LogP contribution is 2.44. The van der Waals surface area contributed by atoms with E-state index in [2.05, 4.69) is 27.4 Å². The molecule has 33 heavy (non-hydrogen) atoms. The molecule has 168 valence electrons. The lowest BCUT2D eigenvalue weighted by Crippen LogP contribution is -2.24. The van der Waals surface area contributed by atoms with Crippen LogP contribution in [0.2, 0.25) is 0 Å². The SMILES string of the molecule is Cc1nnc(SC2=C(/C=C/C(=O)c3ccc4ccccc4c3)CC/C2=C\N2CCCCC2)s1. The molecular formula is C27H27N3OS2. The summed E-state index contributed by atoms with van der Waals surface area (Å²) in [7, 11) is 0. The van der Waals surface area contributed by atoms with E-state index in [0.29, 0.717) is 0 Å². The van der Waals surface area contributed by atoms with Gasteiger partial charge in [0.25, 0.3) is 0 Å². The molecule has 1 aliphatic carbocycles. The number of nitrogens with zero attached hydrogens (tertiary/aromatic N) is 3. The second kappa shape index (κ2) is 10.1. The fourth-order valence-corrected chi connectivity index (χ4v) is 6.44. The average molecular weight is 474 g/mol. The fourth-order valence-electron chi connectivity index (χ4n) is 4.41. The van der Waals surface area contributed by atoms with Gasteiger partial charge >= 0.3 is 0 Å². The Morgan fingerprint density at radius 3 is 2.64 bits per heavy atom. The van der Waals surface area contributed by atoms with Gasteiger partial charge in [-0.25, -0.2) is 0 Å². The van der Waals surface area contributed by atoms with E-state index >= 15 is 0 Å². The lowest BCUT2D eigenvalue weighted by atomic mass is 10.0. The van der Waals surface area contributed by atoms with Crippen molar-refractivity contribution in [3.63, 3.8) is 0 Å². The number of hydrogen-bond acceptors (Lipinski definition) is 6. The highest BCUT2D eigenvalue weighted by molar-refractivity contribution is 8.04. The van der Waals surface area contributed by atoms with Crippen molar-refractivity contribution in [3.05, 3.63) is 87.4 Å². The second-order valence-electron chi connectivity index (χ2n) is 8.55. The maximum atomic E-state index is 13.0. The number of thioether (sulfide) groups is 1. The molecule has 1 aromatic heterocycles. The molecule has 1 aliphatic heterocycles. The van der Waals surface area contributed by atoms with E-state index in [0.717, 1.165) is 51.6 Å². The Morgan fingerprint density at radius 1 is 1.03 bits per heavy atom. The maximum absolute atomic E-state index is 13.0. The normalized spacial score (nSPS) is 18.2. The van der Waals surface area contributed by atoms with Gasteiger partial charge in [0.05, 0.1) is 0 Å². The molecule has 0 unspecified atom stereocenters. The first-order valence-electron chi connectivity index (χ1n) is 11.5. The van der Waals surface area contributed by atoms with Gasteiger partial charge in [0.1, 0.15) is 5.01 Å². The summed E-state index contributed by atoms with van der Waals surface area (Å²) in [6, 6.07) is 14.0. The summed E-state index contributed by atoms with van der Waals surface area (Å²) in [4.78, 5) is 16.6. The number of aromatic nitrogens is 2. The molecule has 3 aromatic rings. The number of hydrogen-bond donors (Lipinski definition) is 0. The van der Waals surface area contributed by atoms with Crippen molar-refractivity contribution in [2.75, 3.05) is 13.1 Å². The Labute approximate surface area is 203 Å². The van der Waals surface area contributed by atoms with Crippen molar-refractivity contribution in [3.8, 4) is 0 Å². The van der Waals surface area contributed by atoms with Crippen LogP contribution in [0.15, 0.2) is 81.2 Å². The molecule has 0 bridgehead atoms. The lowest BCUT2D eigenvalue weighted by Gasteiger charge is -2.26. The van der Waals surface area contributed by atoms with Crippen LogP contribution in [-0.2, 0) is 0 Å². The quantitative estimate of drug-likeness (QED) is 0.286. The Balaban J connectivity index is 1.42. The number of allylic oxidation sites excluding steroid dienone is 4. The number of piperidine rings is 1. The highest BCUT2D eigenvalue weighted by atomic mass is 32.2. The van der Waals surface area contributed by atoms with E-state index < -0.39 is 0 Å². The van der Waals surface area contributed by atoms with Gasteiger partial charge in [0, 0.05) is 29.8 Å². The summed E-state index contributed by atoms with van der Waals surface area (Å²) in [6.45, 7) is 4.24. The molecule has 2 aromatic carbocycles. The smallest absolute Gasteiger partial charge is 0.185 e. The Bertz CT molecular complexity index is 1270. The number of ketones is 1. The van der Waals surface area contributed by atoms with Gasteiger partial charge in [0.15, 0.2) is 10.1 Å². The van der Waals surface area contributed by atoms with Gasteiger partial charge in [-0.3, -0.25) is 4.79 Å². The van der Waals surface area contributed by atoms with Crippen molar-refractivity contribution in [1.82, 2.24) is 15.1 Å². The molecule has 4 nitrogen and oxygen atoms in total. The first-order valence-corrected chi connectivity index (χ1v) is 13.2. The third-order valence-corrected chi connectivity index (χ3v) is 8.26. The molecule has 0 atom stereocenters. The molecule has 2 heterocycles. The summed E-state index contributed by atoms with van der Waals surface area (Å²) in [6.07, 6.45) is 11.9. The number of carbonyl (C=O) groups excluding carboxylic acids is 1. The standard InChI is InChI=1S/C27H27N3OS2/c1-19-28-29-27(32-19)33-26-21(10-12-24(26)18-30-15-5-2-6-16-30)13-14-25(31)23-11-9-20-7-3-4-8-22(20)17-23/h3-4,7-9,11,13-14,17-18H,2,5-6,10,12,15-16H2,1H3/b14-13+,24-18+. The summed E-state index contributed by atoms with van der Waals surface area (Å²) in [5.41, 5.74) is 3.29.